The minimum Gasteiger partial charge on any atom is -0.508 e. The molecule has 1 saturated heterocycles. The van der Waals surface area contributed by atoms with Crippen LogP contribution in [0, 0.1) is 0 Å². The van der Waals surface area contributed by atoms with Crippen LogP contribution in [-0.4, -0.2) is 56.2 Å². The number of nitrogens with zero attached hydrogens (tertiary/aromatic N) is 1. The first-order chi connectivity index (χ1) is 15.7. The highest BCUT2D eigenvalue weighted by Crippen LogP contribution is 2.25. The molecule has 10 heteroatoms. The molecule has 1 amide bonds. The van der Waals surface area contributed by atoms with Gasteiger partial charge < -0.3 is 25.4 Å². The zero-order valence-electron chi connectivity index (χ0n) is 18.5. The molecule has 1 heterocycles. The van der Waals surface area contributed by atoms with Crippen molar-refractivity contribution in [1.29, 1.82) is 0 Å². The van der Waals surface area contributed by atoms with Crippen molar-refractivity contribution in [3.8, 4) is 5.75 Å². The Morgan fingerprint density at radius 1 is 1.27 bits per heavy atom. The fraction of sp³-hybridized carbons (Fsp3) is 0.391. The van der Waals surface area contributed by atoms with Crippen molar-refractivity contribution in [1.82, 2.24) is 5.32 Å². The molecule has 0 bridgehead atoms. The second kappa shape index (κ2) is 13.0. The van der Waals surface area contributed by atoms with Gasteiger partial charge in [-0.25, -0.2) is 13.6 Å². The first-order valence-corrected chi connectivity index (χ1v) is 10.8. The molecule has 0 spiro atoms. The monoisotopic (exact) mass is 483 g/mol. The van der Waals surface area contributed by atoms with Crippen LogP contribution in [0.3, 0.4) is 0 Å². The average Bonchev–Trinajstić information content (AvgIpc) is 2.80. The third-order valence-corrected chi connectivity index (χ3v) is 5.08. The predicted molar refractivity (Wildman–Crippen MR) is 124 cm³/mol. The second-order valence-corrected chi connectivity index (χ2v) is 7.91. The van der Waals surface area contributed by atoms with Crippen molar-refractivity contribution >= 4 is 34.9 Å². The van der Waals surface area contributed by atoms with Crippen LogP contribution < -0.4 is 15.5 Å². The van der Waals surface area contributed by atoms with Crippen LogP contribution in [0.2, 0.25) is 5.02 Å². The van der Waals surface area contributed by atoms with E-state index < -0.39 is 24.7 Å². The molecule has 33 heavy (non-hydrogen) atoms. The first-order valence-electron chi connectivity index (χ1n) is 10.4. The smallest absolute Gasteiger partial charge is 0.340 e. The van der Waals surface area contributed by atoms with Gasteiger partial charge in [0.15, 0.2) is 0 Å². The third-order valence-electron chi connectivity index (χ3n) is 4.83. The third kappa shape index (κ3) is 8.86. The molecule has 7 nitrogen and oxygen atoms in total. The highest BCUT2D eigenvalue weighted by atomic mass is 35.5. The predicted octanol–water partition coefficient (Wildman–Crippen LogP) is 4.30. The van der Waals surface area contributed by atoms with Crippen molar-refractivity contribution in [2.75, 3.05) is 37.0 Å². The van der Waals surface area contributed by atoms with Crippen LogP contribution in [0.1, 0.15) is 30.1 Å². The van der Waals surface area contributed by atoms with Crippen molar-refractivity contribution in [3.63, 3.8) is 0 Å². The number of carbonyl (C=O) groups excluding carboxylic acids is 2. The summed E-state index contributed by atoms with van der Waals surface area (Å²) in [6, 6.07) is 11.7. The lowest BCUT2D eigenvalue weighted by molar-refractivity contribution is -0.116. The highest BCUT2D eigenvalue weighted by molar-refractivity contribution is 6.30. The first kappa shape index (κ1) is 26.3. The molecule has 3 rings (SSSR count). The summed E-state index contributed by atoms with van der Waals surface area (Å²) in [5, 5.41) is 15.2. The number of methoxy groups -OCH3 is 1. The van der Waals surface area contributed by atoms with Crippen molar-refractivity contribution in [3.05, 3.63) is 53.1 Å². The number of alkyl halides is 2. The van der Waals surface area contributed by atoms with E-state index in [0.29, 0.717) is 11.1 Å². The van der Waals surface area contributed by atoms with Gasteiger partial charge in [-0.15, -0.1) is 0 Å². The average molecular weight is 484 g/mol. The number of amides is 1. The van der Waals surface area contributed by atoms with Crippen LogP contribution in [-0.2, 0) is 9.53 Å². The number of ether oxygens (including phenoxy) is 1. The summed E-state index contributed by atoms with van der Waals surface area (Å²) in [5.41, 5.74) is 1.31. The summed E-state index contributed by atoms with van der Waals surface area (Å²) < 4.78 is 29.2. The number of phenolic OH excluding ortho intramolecular Hbond substituents is 1. The fourth-order valence-electron chi connectivity index (χ4n) is 3.18. The number of hydrogen-bond acceptors (Lipinski definition) is 6. The molecule has 3 N–H and O–H groups in total. The largest absolute Gasteiger partial charge is 0.508 e. The number of halogens is 3. The molecule has 0 saturated carbocycles. The molecule has 0 aliphatic carbocycles. The Balaban J connectivity index is 0.000000405. The van der Waals surface area contributed by atoms with E-state index in [4.69, 9.17) is 21.4 Å². The van der Waals surface area contributed by atoms with E-state index in [2.05, 4.69) is 22.5 Å². The lowest BCUT2D eigenvalue weighted by atomic mass is 10.1. The molecule has 1 aliphatic heterocycles. The number of carbonyl (C=O) groups is 2. The molecule has 2 aromatic carbocycles. The number of phenols is 1. The SMILES string of the molecule is COC(=O)c1cc(N2CCN[C@@H](C)C2)ccc1NC(=O)CCC(F)F.Oc1ccc(Cl)cc1. The number of hydrogen-bond donors (Lipinski definition) is 3. The van der Waals surface area contributed by atoms with Crippen molar-refractivity contribution in [2.24, 2.45) is 0 Å². The summed E-state index contributed by atoms with van der Waals surface area (Å²) in [4.78, 5) is 26.0. The van der Waals surface area contributed by atoms with Gasteiger partial charge in [-0.1, -0.05) is 11.6 Å². The fourth-order valence-corrected chi connectivity index (χ4v) is 3.30. The molecule has 2 aromatic rings. The topological polar surface area (TPSA) is 90.9 Å². The lowest BCUT2D eigenvalue weighted by Crippen LogP contribution is -2.49. The van der Waals surface area contributed by atoms with E-state index >= 15 is 0 Å². The summed E-state index contributed by atoms with van der Waals surface area (Å²) in [7, 11) is 1.25. The Morgan fingerprint density at radius 2 is 1.97 bits per heavy atom. The van der Waals surface area contributed by atoms with Gasteiger partial charge in [0.1, 0.15) is 5.75 Å². The number of nitrogens with one attached hydrogen (secondary N) is 2. The van der Waals surface area contributed by atoms with Gasteiger partial charge >= 0.3 is 5.97 Å². The maximum Gasteiger partial charge on any atom is 0.340 e. The molecule has 1 atom stereocenters. The van der Waals surface area contributed by atoms with Crippen LogP contribution in [0.25, 0.3) is 0 Å². The normalized spacial score (nSPS) is 15.5. The van der Waals surface area contributed by atoms with Crippen LogP contribution >= 0.6 is 11.6 Å². The van der Waals surface area contributed by atoms with E-state index in [0.717, 1.165) is 25.3 Å². The van der Waals surface area contributed by atoms with Gasteiger partial charge in [-0.3, -0.25) is 4.79 Å². The van der Waals surface area contributed by atoms with E-state index in [1.54, 1.807) is 42.5 Å². The van der Waals surface area contributed by atoms with Gasteiger partial charge in [-0.2, -0.15) is 0 Å². The van der Waals surface area contributed by atoms with E-state index in [1.807, 2.05) is 0 Å². The van der Waals surface area contributed by atoms with E-state index in [1.165, 1.54) is 7.11 Å². The molecule has 0 radical (unpaired) electrons. The Kier molecular flexibility index (Phi) is 10.3. The van der Waals surface area contributed by atoms with Crippen LogP contribution in [0.5, 0.6) is 5.75 Å². The summed E-state index contributed by atoms with van der Waals surface area (Å²) in [6.07, 6.45) is -3.37. The highest BCUT2D eigenvalue weighted by Gasteiger charge is 2.20. The summed E-state index contributed by atoms with van der Waals surface area (Å²) in [5.74, 6) is -0.905. The summed E-state index contributed by atoms with van der Waals surface area (Å²) >= 11 is 5.50. The second-order valence-electron chi connectivity index (χ2n) is 7.48. The molecule has 0 unspecified atom stereocenters. The van der Waals surface area contributed by atoms with Gasteiger partial charge in [0, 0.05) is 49.2 Å². The van der Waals surface area contributed by atoms with Gasteiger partial charge in [-0.05, 0) is 49.4 Å². The molecular weight excluding hydrogens is 456 g/mol. The Labute approximate surface area is 196 Å². The molecule has 0 aromatic heterocycles. The number of piperazine rings is 1. The van der Waals surface area contributed by atoms with Gasteiger partial charge in [0.2, 0.25) is 12.3 Å². The molecule has 180 valence electrons. The molecular formula is C23H28ClF2N3O4. The number of anilines is 2. The summed E-state index contributed by atoms with van der Waals surface area (Å²) in [6.45, 7) is 4.50. The zero-order valence-corrected chi connectivity index (χ0v) is 19.2. The minimum absolute atomic E-state index is 0.205. The minimum atomic E-state index is -2.54. The van der Waals surface area contributed by atoms with Gasteiger partial charge in [0.25, 0.3) is 0 Å². The Hall–Kier alpha value is -2.91. The van der Waals surface area contributed by atoms with E-state index in [-0.39, 0.29) is 23.4 Å². The molecule has 1 aliphatic rings. The Bertz CT molecular complexity index is 907. The van der Waals surface area contributed by atoms with Crippen LogP contribution in [0.15, 0.2) is 42.5 Å². The number of rotatable bonds is 6. The maximum absolute atomic E-state index is 12.2. The van der Waals surface area contributed by atoms with Crippen molar-refractivity contribution in [2.45, 2.75) is 32.2 Å². The standard InChI is InChI=1S/C17H23F2N3O3.C6H5ClO/c1-11-10-22(8-7-20-11)12-3-4-14(13(9-12)17(24)25-2)21-16(23)6-5-15(18)19;7-5-1-3-6(8)4-2-5/h3-4,9,11,15,20H,5-8,10H2,1-2H3,(H,21,23);1-4,8H/t11-;/m0./s1. The number of aromatic hydroxyl groups is 1. The molecule has 1 fully saturated rings. The maximum atomic E-state index is 12.2. The van der Waals surface area contributed by atoms with Crippen molar-refractivity contribution < 1.29 is 28.2 Å². The lowest BCUT2D eigenvalue weighted by Gasteiger charge is -2.34. The van der Waals surface area contributed by atoms with Gasteiger partial charge in [0.05, 0.1) is 18.4 Å². The number of benzene rings is 2. The zero-order chi connectivity index (χ0) is 24.4. The van der Waals surface area contributed by atoms with E-state index in [9.17, 15) is 18.4 Å². The Morgan fingerprint density at radius 3 is 2.55 bits per heavy atom. The van der Waals surface area contributed by atoms with Crippen LogP contribution in [0.4, 0.5) is 20.2 Å². The quantitative estimate of drug-likeness (QED) is 0.531. The number of esters is 1.